The summed E-state index contributed by atoms with van der Waals surface area (Å²) in [5.74, 6) is -9.56. The summed E-state index contributed by atoms with van der Waals surface area (Å²) in [4.78, 5) is 118. The molecule has 18 nitrogen and oxygen atoms in total. The minimum Gasteiger partial charge on any atom is -0.550 e. The van der Waals surface area contributed by atoms with Gasteiger partial charge >= 0.3 is 69.3 Å². The fourth-order valence-corrected chi connectivity index (χ4v) is 20.4. The number of carboxylic acids is 1. The fraction of sp³-hybridized carbons (Fsp3) is 0.649. The number of hydrogen-bond donors (Lipinski definition) is 4. The van der Waals surface area contributed by atoms with Crippen LogP contribution in [0, 0.1) is 68.0 Å². The van der Waals surface area contributed by atoms with Crippen LogP contribution in [0.4, 0.5) is 26.3 Å². The molecule has 22 atom stereocenters. The van der Waals surface area contributed by atoms with Gasteiger partial charge in [-0.3, -0.25) is 43.2 Å². The molecule has 12 aliphatic carbocycles. The standard InChI is InChI=1S/C27H34F2O7.C23H26F2O5.C21H24F2O4.C2H4O2.CH4.K/c1-5-6-23(34)36-26(22(33)14-35-15(2)30)10-8-17-18-12-20(28)19-11-16(31)7-9-24(19,3)27(18,29)21(32)13-25(17,26)4;1-12(26)30-11-19(28)15-5-4-14-16-9-18(24)17-8-13(27)6-7-22(17,3)23(16,25)20(29)10-21(14,15)2;1-19-9-18(27)21(23)14(12(19)3-4-13(19)17(26)10-24)8-16(22)15-7-11(25)5-6-20(15,21)2;1-2(3)4;;/h7,9,11,17-18,20-21,32H,5-6,8,10,12-14H2,1-4H3;5-8,14,16,18,20,29H,4,9-11H2,1-3H3;4-7,12,14,16,18,24,27H,3,8-10H2,1-2H3;1H3,(H,3,4);1H4;/q;;;;;+1/p-1/t17-,18-,20-,21-,24-,25-,26-,27-;14-,16-,18-,20-,21-,22-,23-;12-,14-,16-,18-,19-,20-,21-;;;/m000.../s1. The number of alkyl halides is 6. The van der Waals surface area contributed by atoms with E-state index in [2.05, 4.69) is 0 Å². The van der Waals surface area contributed by atoms with Crippen molar-refractivity contribution < 1.29 is 165 Å². The zero-order valence-electron chi connectivity index (χ0n) is 57.2. The molecule has 0 amide bonds. The van der Waals surface area contributed by atoms with Crippen LogP contribution in [0.15, 0.2) is 94.7 Å². The summed E-state index contributed by atoms with van der Waals surface area (Å²) in [5.41, 5.74) is -14.6. The maximum atomic E-state index is 17.2. The zero-order valence-corrected chi connectivity index (χ0v) is 60.3. The Morgan fingerprint density at radius 2 is 0.919 bits per heavy atom. The minimum absolute atomic E-state index is 0. The number of ketones is 6. The van der Waals surface area contributed by atoms with E-state index in [-0.39, 0.29) is 163 Å². The van der Waals surface area contributed by atoms with Gasteiger partial charge in [-0.25, -0.2) is 26.3 Å². The van der Waals surface area contributed by atoms with Gasteiger partial charge in [0.25, 0.3) is 0 Å². The quantitative estimate of drug-likeness (QED) is 0.0884. The summed E-state index contributed by atoms with van der Waals surface area (Å²) < 4.78 is 112. The van der Waals surface area contributed by atoms with E-state index in [0.29, 0.717) is 30.4 Å². The summed E-state index contributed by atoms with van der Waals surface area (Å²) in [6.07, 6.45) is 6.45. The topological polar surface area (TPSA) is 302 Å². The molecule has 0 heterocycles. The largest absolute Gasteiger partial charge is 1.00 e. The maximum absolute atomic E-state index is 17.2. The van der Waals surface area contributed by atoms with E-state index >= 15 is 26.3 Å². The summed E-state index contributed by atoms with van der Waals surface area (Å²) >= 11 is 0. The molecule has 0 aromatic heterocycles. The second-order valence-corrected chi connectivity index (χ2v) is 29.9. The molecule has 7 fully saturated rings. The molecule has 12 rings (SSSR count). The first-order valence-electron chi connectivity index (χ1n) is 33.2. The number of halogens is 6. The predicted octanol–water partition coefficient (Wildman–Crippen LogP) is 5.29. The molecule has 538 valence electrons. The maximum Gasteiger partial charge on any atom is 1.00 e. The molecular weight excluding hydrogens is 1330 g/mol. The van der Waals surface area contributed by atoms with Crippen LogP contribution in [-0.4, -0.2) is 158 Å². The van der Waals surface area contributed by atoms with Gasteiger partial charge in [0.15, 0.2) is 64.7 Å². The van der Waals surface area contributed by atoms with Gasteiger partial charge in [0, 0.05) is 82.1 Å². The third-order valence-electron chi connectivity index (χ3n) is 24.9. The minimum atomic E-state index is -2.30. The number of aliphatic hydroxyl groups is 4. The first-order valence-corrected chi connectivity index (χ1v) is 33.2. The van der Waals surface area contributed by atoms with Crippen LogP contribution in [0.5, 0.6) is 0 Å². The van der Waals surface area contributed by atoms with Crippen molar-refractivity contribution in [3.63, 3.8) is 0 Å². The second kappa shape index (κ2) is 28.8. The summed E-state index contributed by atoms with van der Waals surface area (Å²) in [7, 11) is 0. The van der Waals surface area contributed by atoms with Gasteiger partial charge in [0.2, 0.25) is 5.78 Å². The molecule has 0 aromatic carbocycles. The SMILES string of the molecule is C.CC(=O)OCC(=O)C1=CC[C@H]2[C@@H]3C[C@H](F)C4=CC(=O)C=C[C@]4(C)[C@@]3(F)[C@@H](O)C[C@]12C.CC(=O)[O-].CCCC(=O)O[C@]1(C(=O)COC(C)=O)CC[C@H]2[C@@H]3C[C@H](F)C4=CC(=O)C=C[C@]4(C)[C@@]3(F)[C@@H](O)C[C@@]21C.C[C@]12C=CC(=O)C=C1[C@@H](F)C[C@H]1[C@@H]3CC=C(C(=O)CO)[C@@]3(C)C[C@H](O)[C@@]12F.[K+]. The van der Waals surface area contributed by atoms with E-state index in [1.807, 2.05) is 0 Å². The predicted molar refractivity (Wildman–Crippen MR) is 339 cm³/mol. The number of aliphatic carboxylic acids is 1. The van der Waals surface area contributed by atoms with Gasteiger partial charge < -0.3 is 44.5 Å². The number of Topliss-reactive ketones (excluding diaryl/α,β-unsaturated/α-hetero) is 3. The molecule has 4 N–H and O–H groups in total. The average Bonchev–Trinajstić information content (AvgIpc) is 1.68. The van der Waals surface area contributed by atoms with E-state index in [9.17, 15) is 63.6 Å². The Bertz CT molecular complexity index is 3610. The van der Waals surface area contributed by atoms with Gasteiger partial charge in [-0.1, -0.05) is 65.5 Å². The number of carbonyl (C=O) groups is 10. The third-order valence-corrected chi connectivity index (χ3v) is 24.9. The van der Waals surface area contributed by atoms with Gasteiger partial charge in [0.05, 0.1) is 18.3 Å². The van der Waals surface area contributed by atoms with Gasteiger partial charge in [-0.05, 0) is 175 Å². The third kappa shape index (κ3) is 12.7. The molecule has 0 radical (unpaired) electrons. The normalized spacial score (nSPS) is 42.5. The van der Waals surface area contributed by atoms with Crippen molar-refractivity contribution in [1.29, 1.82) is 0 Å². The second-order valence-electron chi connectivity index (χ2n) is 29.9. The molecule has 0 saturated heterocycles. The van der Waals surface area contributed by atoms with Crippen LogP contribution in [-0.2, 0) is 62.2 Å². The van der Waals surface area contributed by atoms with E-state index in [1.54, 1.807) is 53.7 Å². The number of esters is 3. The zero-order chi connectivity index (χ0) is 72.1. The number of fused-ring (bicyclic) bond motifs is 15. The number of ether oxygens (including phenoxy) is 3. The Balaban J connectivity index is 0.000000203. The summed E-state index contributed by atoms with van der Waals surface area (Å²) in [6, 6.07) is 0. The Hall–Kier alpha value is -5.12. The van der Waals surface area contributed by atoms with Gasteiger partial charge in [-0.2, -0.15) is 0 Å². The number of aliphatic hydroxyl groups excluding tert-OH is 4. The van der Waals surface area contributed by atoms with Gasteiger partial charge in [0.1, 0.15) is 25.1 Å². The fourth-order valence-electron chi connectivity index (χ4n) is 20.4. The van der Waals surface area contributed by atoms with E-state index < -0.39 is 177 Å². The van der Waals surface area contributed by atoms with Crippen molar-refractivity contribution in [3.8, 4) is 0 Å². The first-order chi connectivity index (χ1) is 45.0. The molecule has 0 unspecified atom stereocenters. The van der Waals surface area contributed by atoms with Crippen LogP contribution in [0.1, 0.15) is 154 Å². The van der Waals surface area contributed by atoms with Crippen LogP contribution < -0.4 is 56.5 Å². The van der Waals surface area contributed by atoms with Gasteiger partial charge in [-0.15, -0.1) is 0 Å². The molecule has 25 heteroatoms. The summed E-state index contributed by atoms with van der Waals surface area (Å²) in [6.45, 7) is 13.3. The molecule has 99 heavy (non-hydrogen) atoms. The van der Waals surface area contributed by atoms with Crippen molar-refractivity contribution in [2.24, 2.45) is 68.0 Å². The average molecular weight is 1420 g/mol. The van der Waals surface area contributed by atoms with Crippen molar-refractivity contribution in [2.75, 3.05) is 19.8 Å². The van der Waals surface area contributed by atoms with E-state index in [4.69, 9.17) is 24.1 Å². The van der Waals surface area contributed by atoms with Crippen LogP contribution >= 0.6 is 0 Å². The monoisotopic (exact) mass is 1420 g/mol. The Kier molecular flexibility index (Phi) is 23.6. The van der Waals surface area contributed by atoms with E-state index in [0.717, 1.165) is 32.1 Å². The Morgan fingerprint density at radius 3 is 1.28 bits per heavy atom. The Labute approximate surface area is 615 Å². The molecule has 0 aliphatic heterocycles. The summed E-state index contributed by atoms with van der Waals surface area (Å²) in [5, 5.41) is 51.6. The number of rotatable bonds is 11. The number of allylic oxidation sites excluding steroid dienone is 14. The smallest absolute Gasteiger partial charge is 0.550 e. The van der Waals surface area contributed by atoms with Crippen molar-refractivity contribution >= 4 is 58.6 Å². The van der Waals surface area contributed by atoms with Crippen molar-refractivity contribution in [2.45, 2.75) is 213 Å². The first kappa shape index (κ1) is 81.2. The molecule has 0 aromatic rings. The molecule has 7 saturated carbocycles. The molecule has 0 bridgehead atoms. The molecular formula is C74H91F6KO18. The van der Waals surface area contributed by atoms with Crippen LogP contribution in [0.3, 0.4) is 0 Å². The van der Waals surface area contributed by atoms with Crippen LogP contribution in [0.2, 0.25) is 0 Å². The molecule has 0 spiro atoms. The number of hydrogen-bond acceptors (Lipinski definition) is 18. The Morgan fingerprint density at radius 1 is 0.566 bits per heavy atom. The number of carboxylic acid groups (broad SMARTS) is 1. The van der Waals surface area contributed by atoms with Crippen molar-refractivity contribution in [1.82, 2.24) is 0 Å². The van der Waals surface area contributed by atoms with Crippen molar-refractivity contribution in [3.05, 3.63) is 94.7 Å². The van der Waals surface area contributed by atoms with Crippen LogP contribution in [0.25, 0.3) is 0 Å². The molecule has 12 aliphatic rings. The number of carbonyl (C=O) groups excluding carboxylic acids is 10. The van der Waals surface area contributed by atoms with E-state index in [1.165, 1.54) is 50.3 Å².